The van der Waals surface area contributed by atoms with Gasteiger partial charge in [0.25, 0.3) is 11.3 Å². The molecule has 1 fully saturated rings. The van der Waals surface area contributed by atoms with Crippen LogP contribution in [0.1, 0.15) is 0 Å². The van der Waals surface area contributed by atoms with E-state index in [2.05, 4.69) is 0 Å². The minimum atomic E-state index is -2.20. The molecule has 0 aliphatic carbocycles. The van der Waals surface area contributed by atoms with Gasteiger partial charge in [-0.15, -0.1) is 0 Å². The summed E-state index contributed by atoms with van der Waals surface area (Å²) in [6, 6.07) is 2.56. The lowest BCUT2D eigenvalue weighted by molar-refractivity contribution is -0.109. The summed E-state index contributed by atoms with van der Waals surface area (Å²) >= 11 is 0. The van der Waals surface area contributed by atoms with Crippen molar-refractivity contribution in [2.24, 2.45) is 0 Å². The fraction of sp³-hybridized carbons (Fsp3) is 0.500. The van der Waals surface area contributed by atoms with Crippen molar-refractivity contribution in [3.63, 3.8) is 0 Å². The minimum absolute atomic E-state index is 0.639. The average molecular weight is 269 g/mol. The number of ether oxygens (including phenoxy) is 1. The molecule has 1 aromatic heterocycles. The molecule has 2 heterocycles. The Hall–Kier alpha value is -1.99. The van der Waals surface area contributed by atoms with Crippen molar-refractivity contribution < 1.29 is 20.1 Å². The van der Waals surface area contributed by atoms with E-state index in [4.69, 9.17) is 9.84 Å². The summed E-state index contributed by atoms with van der Waals surface area (Å²) in [5.41, 5.74) is -3.85. The predicted octanol–water partition coefficient (Wildman–Crippen LogP) is -3.17. The van der Waals surface area contributed by atoms with Gasteiger partial charge in [0.05, 0.1) is 6.61 Å². The number of nitrogens with zero attached hydrogens (tertiary/aromatic N) is 2. The number of nitrogens with one attached hydrogen (secondary N) is 1. The van der Waals surface area contributed by atoms with Crippen molar-refractivity contribution in [1.82, 2.24) is 9.55 Å². The summed E-state index contributed by atoms with van der Waals surface area (Å²) in [6.45, 7) is -0.639. The molecule has 1 aromatic rings. The number of rotatable bonds is 2. The van der Waals surface area contributed by atoms with Crippen LogP contribution in [0.5, 0.6) is 0 Å². The number of aliphatic hydroxyl groups is 3. The molecule has 0 saturated carbocycles. The second kappa shape index (κ2) is 4.60. The molecule has 19 heavy (non-hydrogen) atoms. The normalized spacial score (nSPS) is 34.1. The van der Waals surface area contributed by atoms with Gasteiger partial charge < -0.3 is 20.1 Å². The van der Waals surface area contributed by atoms with E-state index in [1.807, 2.05) is 4.98 Å². The van der Waals surface area contributed by atoms with E-state index in [9.17, 15) is 25.1 Å². The number of aromatic amines is 1. The van der Waals surface area contributed by atoms with E-state index in [1.54, 1.807) is 6.07 Å². The van der Waals surface area contributed by atoms with Crippen molar-refractivity contribution in [1.29, 1.82) is 5.26 Å². The second-order valence-electron chi connectivity index (χ2n) is 4.06. The maximum absolute atomic E-state index is 11.7. The van der Waals surface area contributed by atoms with Crippen LogP contribution in [0.25, 0.3) is 0 Å². The third-order valence-electron chi connectivity index (χ3n) is 2.96. The van der Waals surface area contributed by atoms with Crippen LogP contribution in [0, 0.1) is 11.3 Å². The van der Waals surface area contributed by atoms with Crippen LogP contribution in [-0.4, -0.2) is 49.8 Å². The smallest absolute Gasteiger partial charge is 0.331 e. The predicted molar refractivity (Wildman–Crippen MR) is 58.9 cm³/mol. The van der Waals surface area contributed by atoms with Gasteiger partial charge in [-0.1, -0.05) is 0 Å². The molecule has 0 bridgehead atoms. The number of hydrogen-bond acceptors (Lipinski definition) is 7. The van der Waals surface area contributed by atoms with Gasteiger partial charge in [-0.25, -0.2) is 4.79 Å². The Morgan fingerprint density at radius 3 is 2.68 bits per heavy atom. The number of nitriles is 1. The lowest BCUT2D eigenvalue weighted by Crippen LogP contribution is -2.50. The van der Waals surface area contributed by atoms with Gasteiger partial charge in [0.1, 0.15) is 24.4 Å². The van der Waals surface area contributed by atoms with Gasteiger partial charge in [0.15, 0.2) is 0 Å². The SMILES string of the molecule is N#C[C@@]1(n2ccc(=O)[nH]c2=O)O[C@H](CO)[C@@H](O)[C@H]1O. The van der Waals surface area contributed by atoms with E-state index >= 15 is 0 Å². The average Bonchev–Trinajstić information content (AvgIpc) is 2.64. The van der Waals surface area contributed by atoms with E-state index < -0.39 is 41.9 Å². The molecule has 1 aliphatic heterocycles. The fourth-order valence-corrected chi connectivity index (χ4v) is 1.97. The van der Waals surface area contributed by atoms with Crippen LogP contribution in [0.2, 0.25) is 0 Å². The molecule has 9 heteroatoms. The highest BCUT2D eigenvalue weighted by Crippen LogP contribution is 2.33. The zero-order valence-electron chi connectivity index (χ0n) is 9.55. The van der Waals surface area contributed by atoms with Gasteiger partial charge in [-0.3, -0.25) is 14.3 Å². The first-order chi connectivity index (χ1) is 8.96. The topological polar surface area (TPSA) is 149 Å². The zero-order valence-corrected chi connectivity index (χ0v) is 9.55. The van der Waals surface area contributed by atoms with Gasteiger partial charge in [0, 0.05) is 12.3 Å². The van der Waals surface area contributed by atoms with Crippen molar-refractivity contribution in [3.8, 4) is 6.07 Å². The van der Waals surface area contributed by atoms with Crippen LogP contribution in [-0.2, 0) is 10.5 Å². The van der Waals surface area contributed by atoms with Crippen molar-refractivity contribution in [2.45, 2.75) is 24.0 Å². The highest BCUT2D eigenvalue weighted by molar-refractivity contribution is 5.12. The standard InChI is InChI=1S/C10H11N3O6/c11-4-10(8(17)7(16)5(3-14)19-10)13-2-1-6(15)12-9(13)18/h1-2,5,7-8,14,16-17H,3H2,(H,12,15,18)/t5-,7-,8-,10-/m1/s1. The molecule has 0 radical (unpaired) electrons. The maximum Gasteiger partial charge on any atom is 0.331 e. The van der Waals surface area contributed by atoms with E-state index in [-0.39, 0.29) is 0 Å². The summed E-state index contributed by atoms with van der Waals surface area (Å²) < 4.78 is 5.77. The molecule has 2 rings (SSSR count). The second-order valence-corrected chi connectivity index (χ2v) is 4.06. The lowest BCUT2D eigenvalue weighted by Gasteiger charge is -2.26. The van der Waals surface area contributed by atoms with Crippen LogP contribution in [0.4, 0.5) is 0 Å². The molecule has 4 N–H and O–H groups in total. The minimum Gasteiger partial charge on any atom is -0.394 e. The van der Waals surface area contributed by atoms with Crippen LogP contribution >= 0.6 is 0 Å². The molecule has 0 amide bonds. The number of H-pyrrole nitrogens is 1. The fourth-order valence-electron chi connectivity index (χ4n) is 1.97. The largest absolute Gasteiger partial charge is 0.394 e. The summed E-state index contributed by atoms with van der Waals surface area (Å²) in [5.74, 6) is 0. The molecule has 0 aromatic carbocycles. The number of hydrogen-bond donors (Lipinski definition) is 4. The molecular weight excluding hydrogens is 258 g/mol. The molecule has 9 nitrogen and oxygen atoms in total. The van der Waals surface area contributed by atoms with Gasteiger partial charge in [-0.2, -0.15) is 5.26 Å². The van der Waals surface area contributed by atoms with Crippen LogP contribution in [0.3, 0.4) is 0 Å². The Labute approximate surface area is 105 Å². The Morgan fingerprint density at radius 1 is 1.53 bits per heavy atom. The molecule has 4 atom stereocenters. The van der Waals surface area contributed by atoms with E-state index in [0.717, 1.165) is 12.3 Å². The molecule has 0 unspecified atom stereocenters. The first kappa shape index (κ1) is 13.4. The maximum atomic E-state index is 11.7. The summed E-state index contributed by atoms with van der Waals surface area (Å²) in [7, 11) is 0. The molecular formula is C10H11N3O6. The van der Waals surface area contributed by atoms with E-state index in [1.165, 1.54) is 0 Å². The third-order valence-corrected chi connectivity index (χ3v) is 2.96. The lowest BCUT2D eigenvalue weighted by atomic mass is 10.0. The van der Waals surface area contributed by atoms with Crippen molar-refractivity contribution in [2.75, 3.05) is 6.61 Å². The first-order valence-electron chi connectivity index (χ1n) is 5.35. The Balaban J connectivity index is 2.59. The molecule has 102 valence electrons. The Morgan fingerprint density at radius 2 is 2.21 bits per heavy atom. The van der Waals surface area contributed by atoms with Crippen molar-refractivity contribution in [3.05, 3.63) is 33.1 Å². The quantitative estimate of drug-likeness (QED) is 0.442. The van der Waals surface area contributed by atoms with Gasteiger partial charge >= 0.3 is 5.69 Å². The summed E-state index contributed by atoms with van der Waals surface area (Å²) in [5, 5.41) is 37.7. The molecule has 1 aliphatic rings. The number of aliphatic hydroxyl groups excluding tert-OH is 3. The molecule has 1 saturated heterocycles. The van der Waals surface area contributed by atoms with Crippen LogP contribution in [0.15, 0.2) is 21.9 Å². The van der Waals surface area contributed by atoms with Crippen molar-refractivity contribution >= 4 is 0 Å². The van der Waals surface area contributed by atoms with Gasteiger partial charge in [-0.05, 0) is 0 Å². The monoisotopic (exact) mass is 269 g/mol. The summed E-state index contributed by atoms with van der Waals surface area (Å²) in [6.07, 6.45) is -3.53. The highest BCUT2D eigenvalue weighted by atomic mass is 16.6. The van der Waals surface area contributed by atoms with Gasteiger partial charge in [0.2, 0.25) is 0 Å². The first-order valence-corrected chi connectivity index (χ1v) is 5.35. The van der Waals surface area contributed by atoms with Crippen LogP contribution < -0.4 is 11.2 Å². The third kappa shape index (κ3) is 1.87. The van der Waals surface area contributed by atoms with E-state index in [0.29, 0.717) is 4.57 Å². The Kier molecular flexibility index (Phi) is 3.25. The zero-order chi connectivity index (χ0) is 14.2. The Bertz CT molecular complexity index is 631. The number of aromatic nitrogens is 2. The summed E-state index contributed by atoms with van der Waals surface area (Å²) in [4.78, 5) is 24.5. The highest BCUT2D eigenvalue weighted by Gasteiger charge is 2.56. The molecule has 0 spiro atoms.